The molecule has 124 valence electrons. The second kappa shape index (κ2) is 6.87. The molecule has 1 atom stereocenters. The van der Waals surface area contributed by atoms with Crippen LogP contribution < -0.4 is 9.64 Å². The predicted octanol–water partition coefficient (Wildman–Crippen LogP) is 3.60. The second-order valence-corrected chi connectivity index (χ2v) is 6.32. The summed E-state index contributed by atoms with van der Waals surface area (Å²) in [6.07, 6.45) is 0.956. The first kappa shape index (κ1) is 16.2. The summed E-state index contributed by atoms with van der Waals surface area (Å²) in [6.45, 7) is 3.96. The molecule has 2 amide bonds. The fourth-order valence-corrected chi connectivity index (χ4v) is 2.96. The van der Waals surface area contributed by atoms with E-state index in [4.69, 9.17) is 4.74 Å². The monoisotopic (exact) mass is 323 g/mol. The van der Waals surface area contributed by atoms with Gasteiger partial charge in [-0.25, -0.2) is 0 Å². The number of anilines is 1. The van der Waals surface area contributed by atoms with Gasteiger partial charge in [0.05, 0.1) is 17.7 Å². The molecule has 4 heteroatoms. The van der Waals surface area contributed by atoms with Crippen molar-refractivity contribution < 1.29 is 14.3 Å². The number of rotatable bonds is 5. The van der Waals surface area contributed by atoms with Crippen molar-refractivity contribution in [2.45, 2.75) is 32.8 Å². The van der Waals surface area contributed by atoms with Crippen LogP contribution in [0, 0.1) is 5.92 Å². The number of carbonyl (C=O) groups is 2. The lowest BCUT2D eigenvalue weighted by atomic mass is 9.98. The predicted molar refractivity (Wildman–Crippen MR) is 93.0 cm³/mol. The van der Waals surface area contributed by atoms with Crippen molar-refractivity contribution in [1.29, 1.82) is 0 Å². The van der Waals surface area contributed by atoms with Crippen LogP contribution >= 0.6 is 0 Å². The Balaban J connectivity index is 1.70. The maximum absolute atomic E-state index is 12.6. The molecule has 1 fully saturated rings. The number of imide groups is 1. The molecule has 0 aromatic heterocycles. The average molecular weight is 323 g/mol. The lowest BCUT2D eigenvalue weighted by molar-refractivity contribution is -0.122. The molecule has 0 bridgehead atoms. The average Bonchev–Trinajstić information content (AvgIpc) is 2.83. The topological polar surface area (TPSA) is 46.6 Å². The van der Waals surface area contributed by atoms with E-state index in [0.717, 1.165) is 11.3 Å². The molecular weight excluding hydrogens is 302 g/mol. The van der Waals surface area contributed by atoms with Crippen LogP contribution in [0.15, 0.2) is 54.6 Å². The lowest BCUT2D eigenvalue weighted by Gasteiger charge is -2.15. The number of benzene rings is 2. The number of ether oxygens (including phenoxy) is 1. The van der Waals surface area contributed by atoms with E-state index in [2.05, 4.69) is 0 Å². The molecule has 0 aliphatic carbocycles. The van der Waals surface area contributed by atoms with Crippen molar-refractivity contribution in [3.05, 3.63) is 60.2 Å². The Bertz CT molecular complexity index is 722. The molecule has 0 N–H and O–H groups in total. The van der Waals surface area contributed by atoms with Crippen molar-refractivity contribution in [2.24, 2.45) is 5.92 Å². The van der Waals surface area contributed by atoms with Crippen LogP contribution in [0.2, 0.25) is 0 Å². The van der Waals surface area contributed by atoms with Gasteiger partial charge in [0.15, 0.2) is 0 Å². The molecule has 0 radical (unpaired) electrons. The van der Waals surface area contributed by atoms with Gasteiger partial charge >= 0.3 is 0 Å². The number of para-hydroxylation sites is 1. The van der Waals surface area contributed by atoms with Crippen LogP contribution in [0.1, 0.15) is 25.8 Å². The van der Waals surface area contributed by atoms with E-state index in [9.17, 15) is 9.59 Å². The summed E-state index contributed by atoms with van der Waals surface area (Å²) in [6, 6.07) is 16.8. The van der Waals surface area contributed by atoms with E-state index < -0.39 is 0 Å². The normalized spacial score (nSPS) is 17.6. The minimum Gasteiger partial charge on any atom is -0.491 e. The highest BCUT2D eigenvalue weighted by Gasteiger charge is 2.39. The van der Waals surface area contributed by atoms with E-state index in [0.29, 0.717) is 12.1 Å². The number of hydrogen-bond donors (Lipinski definition) is 0. The minimum absolute atomic E-state index is 0.117. The Morgan fingerprint density at radius 3 is 2.33 bits per heavy atom. The van der Waals surface area contributed by atoms with E-state index in [1.54, 1.807) is 12.1 Å². The standard InChI is InChI=1S/C20H21NO3/c1-14(2)24-18-10-8-15(9-11-18)12-16-13-19(22)21(20(16)23)17-6-4-3-5-7-17/h3-11,14,16H,12-13H2,1-2H3/t16-/m1/s1. The number of amides is 2. The van der Waals surface area contributed by atoms with Crippen molar-refractivity contribution in [3.8, 4) is 5.75 Å². The molecule has 2 aromatic rings. The Labute approximate surface area is 142 Å². The summed E-state index contributed by atoms with van der Waals surface area (Å²) in [5.74, 6) is 0.271. The van der Waals surface area contributed by atoms with E-state index in [1.807, 2.05) is 56.3 Å². The van der Waals surface area contributed by atoms with Gasteiger partial charge in [0, 0.05) is 6.42 Å². The van der Waals surface area contributed by atoms with Gasteiger partial charge in [0.1, 0.15) is 5.75 Å². The SMILES string of the molecule is CC(C)Oc1ccc(C[C@@H]2CC(=O)N(c3ccccc3)C2=O)cc1. The highest BCUT2D eigenvalue weighted by Crippen LogP contribution is 2.29. The fourth-order valence-electron chi connectivity index (χ4n) is 2.96. The number of nitrogens with zero attached hydrogens (tertiary/aromatic N) is 1. The molecule has 1 aliphatic rings. The largest absolute Gasteiger partial charge is 0.491 e. The summed E-state index contributed by atoms with van der Waals surface area (Å²) >= 11 is 0. The zero-order chi connectivity index (χ0) is 17.1. The molecule has 0 unspecified atom stereocenters. The van der Waals surface area contributed by atoms with Gasteiger partial charge < -0.3 is 4.74 Å². The summed E-state index contributed by atoms with van der Waals surface area (Å²) in [5.41, 5.74) is 1.68. The van der Waals surface area contributed by atoms with Crippen molar-refractivity contribution in [1.82, 2.24) is 0 Å². The van der Waals surface area contributed by atoms with Crippen LogP contribution in [0.5, 0.6) is 5.75 Å². The maximum atomic E-state index is 12.6. The number of hydrogen-bond acceptors (Lipinski definition) is 3. The lowest BCUT2D eigenvalue weighted by Crippen LogP contribution is -2.30. The van der Waals surface area contributed by atoms with Gasteiger partial charge in [0.25, 0.3) is 0 Å². The van der Waals surface area contributed by atoms with Crippen LogP contribution in [0.4, 0.5) is 5.69 Å². The summed E-state index contributed by atoms with van der Waals surface area (Å²) < 4.78 is 5.62. The van der Waals surface area contributed by atoms with E-state index in [1.165, 1.54) is 4.90 Å². The molecule has 0 spiro atoms. The molecular formula is C20H21NO3. The minimum atomic E-state index is -0.297. The van der Waals surface area contributed by atoms with Crippen LogP contribution in [0.25, 0.3) is 0 Å². The zero-order valence-electron chi connectivity index (χ0n) is 13.9. The third-order valence-electron chi connectivity index (χ3n) is 4.03. The zero-order valence-corrected chi connectivity index (χ0v) is 13.9. The third-order valence-corrected chi connectivity index (χ3v) is 4.03. The van der Waals surface area contributed by atoms with Gasteiger partial charge in [0.2, 0.25) is 11.8 Å². The highest BCUT2D eigenvalue weighted by molar-refractivity contribution is 6.20. The highest BCUT2D eigenvalue weighted by atomic mass is 16.5. The Kier molecular flexibility index (Phi) is 4.65. The van der Waals surface area contributed by atoms with Gasteiger partial charge in [-0.2, -0.15) is 0 Å². The van der Waals surface area contributed by atoms with Gasteiger partial charge in [-0.15, -0.1) is 0 Å². The van der Waals surface area contributed by atoms with Crippen LogP contribution in [-0.4, -0.2) is 17.9 Å². The van der Waals surface area contributed by atoms with Gasteiger partial charge in [-0.05, 0) is 50.1 Å². The van der Waals surface area contributed by atoms with Gasteiger partial charge in [-0.1, -0.05) is 30.3 Å². The summed E-state index contributed by atoms with van der Waals surface area (Å²) in [7, 11) is 0. The van der Waals surface area contributed by atoms with Crippen LogP contribution in [0.3, 0.4) is 0 Å². The molecule has 4 nitrogen and oxygen atoms in total. The third kappa shape index (κ3) is 3.48. The molecule has 0 saturated carbocycles. The molecule has 3 rings (SSSR count). The molecule has 1 heterocycles. The quantitative estimate of drug-likeness (QED) is 0.790. The van der Waals surface area contributed by atoms with E-state index in [-0.39, 0.29) is 30.3 Å². The maximum Gasteiger partial charge on any atom is 0.237 e. The smallest absolute Gasteiger partial charge is 0.237 e. The van der Waals surface area contributed by atoms with Crippen molar-refractivity contribution in [2.75, 3.05) is 4.90 Å². The first-order chi connectivity index (χ1) is 11.5. The Morgan fingerprint density at radius 2 is 1.71 bits per heavy atom. The van der Waals surface area contributed by atoms with Crippen molar-refractivity contribution in [3.63, 3.8) is 0 Å². The molecule has 1 saturated heterocycles. The fraction of sp³-hybridized carbons (Fsp3) is 0.300. The first-order valence-electron chi connectivity index (χ1n) is 8.22. The Morgan fingerprint density at radius 1 is 1.04 bits per heavy atom. The number of carbonyl (C=O) groups excluding carboxylic acids is 2. The summed E-state index contributed by atoms with van der Waals surface area (Å²) in [4.78, 5) is 26.2. The second-order valence-electron chi connectivity index (χ2n) is 6.32. The Hall–Kier alpha value is -2.62. The molecule has 2 aromatic carbocycles. The van der Waals surface area contributed by atoms with Crippen molar-refractivity contribution >= 4 is 17.5 Å². The van der Waals surface area contributed by atoms with Crippen LogP contribution in [-0.2, 0) is 16.0 Å². The summed E-state index contributed by atoms with van der Waals surface area (Å²) in [5, 5.41) is 0. The molecule has 24 heavy (non-hydrogen) atoms. The van der Waals surface area contributed by atoms with Gasteiger partial charge in [-0.3, -0.25) is 14.5 Å². The van der Waals surface area contributed by atoms with E-state index >= 15 is 0 Å². The first-order valence-corrected chi connectivity index (χ1v) is 8.22. The molecule has 1 aliphatic heterocycles.